The molecule has 0 aromatic carbocycles. The Hall–Kier alpha value is -3.67. The van der Waals surface area contributed by atoms with Crippen molar-refractivity contribution in [3.05, 3.63) is 97.2 Å². The molecular weight excluding hydrogens is 745 g/mol. The Morgan fingerprint density at radius 1 is 0.350 bits per heavy atom. The van der Waals surface area contributed by atoms with E-state index >= 15 is 0 Å². The molecule has 0 spiro atoms. The highest BCUT2D eigenvalue weighted by Crippen LogP contribution is 2.10. The molecular formula is C54H88O6. The van der Waals surface area contributed by atoms with Gasteiger partial charge in [0.2, 0.25) is 0 Å². The van der Waals surface area contributed by atoms with Crippen LogP contribution >= 0.6 is 0 Å². The van der Waals surface area contributed by atoms with Gasteiger partial charge in [0.05, 0.1) is 0 Å². The molecule has 0 radical (unpaired) electrons. The summed E-state index contributed by atoms with van der Waals surface area (Å²) >= 11 is 0. The third-order valence-electron chi connectivity index (χ3n) is 9.81. The lowest BCUT2D eigenvalue weighted by Gasteiger charge is -2.18. The smallest absolute Gasteiger partial charge is 0.306 e. The molecule has 0 heterocycles. The van der Waals surface area contributed by atoms with Crippen molar-refractivity contribution in [1.29, 1.82) is 0 Å². The maximum atomic E-state index is 12.7. The normalized spacial score (nSPS) is 12.9. The van der Waals surface area contributed by atoms with Gasteiger partial charge in [-0.2, -0.15) is 0 Å². The number of esters is 3. The van der Waals surface area contributed by atoms with E-state index in [9.17, 15) is 14.4 Å². The highest BCUT2D eigenvalue weighted by molar-refractivity contribution is 5.71. The molecule has 0 saturated carbocycles. The first-order valence-electron chi connectivity index (χ1n) is 24.2. The van der Waals surface area contributed by atoms with Crippen LogP contribution in [0.5, 0.6) is 0 Å². The molecule has 0 aromatic rings. The summed E-state index contributed by atoms with van der Waals surface area (Å²) in [6.07, 6.45) is 62.7. The van der Waals surface area contributed by atoms with Crippen LogP contribution in [0.25, 0.3) is 0 Å². The highest BCUT2D eigenvalue weighted by atomic mass is 16.6. The molecule has 60 heavy (non-hydrogen) atoms. The number of hydrogen-bond donors (Lipinski definition) is 0. The second kappa shape index (κ2) is 48.0. The lowest BCUT2D eigenvalue weighted by molar-refractivity contribution is -0.166. The molecule has 6 heteroatoms. The average molecular weight is 833 g/mol. The van der Waals surface area contributed by atoms with Crippen LogP contribution in [-0.4, -0.2) is 37.2 Å². The first kappa shape index (κ1) is 56.3. The van der Waals surface area contributed by atoms with Gasteiger partial charge >= 0.3 is 17.9 Å². The zero-order valence-electron chi connectivity index (χ0n) is 38.7. The van der Waals surface area contributed by atoms with E-state index in [4.69, 9.17) is 14.2 Å². The maximum Gasteiger partial charge on any atom is 0.306 e. The molecule has 0 aliphatic carbocycles. The summed E-state index contributed by atoms with van der Waals surface area (Å²) in [4.78, 5) is 37.8. The number of allylic oxidation sites excluding steroid dienone is 16. The van der Waals surface area contributed by atoms with Gasteiger partial charge < -0.3 is 14.2 Å². The van der Waals surface area contributed by atoms with Gasteiger partial charge in [-0.3, -0.25) is 14.4 Å². The van der Waals surface area contributed by atoms with Gasteiger partial charge in [0.15, 0.2) is 6.10 Å². The summed E-state index contributed by atoms with van der Waals surface area (Å²) in [7, 11) is 0. The molecule has 1 atom stereocenters. The van der Waals surface area contributed by atoms with Crippen LogP contribution in [0, 0.1) is 0 Å². The Bertz CT molecular complexity index is 1230. The fourth-order valence-electron chi connectivity index (χ4n) is 6.17. The standard InChI is InChI=1S/C54H88O6/c1-4-7-10-13-16-19-22-25-26-27-28-30-32-35-38-41-44-47-53(56)59-50-51(49-58-52(55)46-43-40-37-34-31-24-21-18-15-12-9-6-3)60-54(57)48-45-42-39-36-33-29-23-20-17-14-11-8-5-2/h9,12,18,21,25-26,28-31,33-35,38-39,42,51H,4-8,10-11,13-17,19-20,22-24,27,32,36-37,40-41,43-50H2,1-3H3/b12-9-,21-18-,26-25-,30-28-,33-29-,34-31-,38-35-,42-39-. The third-order valence-corrected chi connectivity index (χ3v) is 9.81. The number of carbonyl (C=O) groups excluding carboxylic acids is 3. The van der Waals surface area contributed by atoms with Crippen LogP contribution in [0.3, 0.4) is 0 Å². The van der Waals surface area contributed by atoms with Crippen LogP contribution in [0.15, 0.2) is 97.2 Å². The topological polar surface area (TPSA) is 78.9 Å². The second-order valence-electron chi connectivity index (χ2n) is 15.6. The van der Waals surface area contributed by atoms with E-state index in [0.29, 0.717) is 19.3 Å². The number of carbonyl (C=O) groups is 3. The number of rotatable bonds is 42. The minimum atomic E-state index is -0.843. The average Bonchev–Trinajstić information content (AvgIpc) is 3.24. The van der Waals surface area contributed by atoms with Crippen LogP contribution in [0.2, 0.25) is 0 Å². The van der Waals surface area contributed by atoms with Crippen molar-refractivity contribution >= 4 is 17.9 Å². The summed E-state index contributed by atoms with van der Waals surface area (Å²) < 4.78 is 16.6. The Balaban J connectivity index is 4.58. The SMILES string of the molecule is CC/C=C\C/C=C\C/C=C\CCCCC(=O)OCC(COC(=O)CCC/C=C\C/C=C\C/C=C\CCCCCCCC)OC(=O)CC/C=C\C/C=C\CCCCCCCC. The largest absolute Gasteiger partial charge is 0.462 e. The summed E-state index contributed by atoms with van der Waals surface area (Å²) in [6, 6.07) is 0. The Labute approximate surface area is 368 Å². The maximum absolute atomic E-state index is 12.7. The Kier molecular flexibility index (Phi) is 45.1. The summed E-state index contributed by atoms with van der Waals surface area (Å²) in [5.41, 5.74) is 0. The van der Waals surface area contributed by atoms with Gasteiger partial charge in [0.25, 0.3) is 0 Å². The molecule has 0 fully saturated rings. The van der Waals surface area contributed by atoms with Crippen molar-refractivity contribution < 1.29 is 28.6 Å². The molecule has 0 amide bonds. The van der Waals surface area contributed by atoms with Gasteiger partial charge in [-0.1, -0.05) is 182 Å². The van der Waals surface area contributed by atoms with E-state index < -0.39 is 12.1 Å². The zero-order valence-corrected chi connectivity index (χ0v) is 38.7. The van der Waals surface area contributed by atoms with Crippen molar-refractivity contribution in [3.8, 4) is 0 Å². The van der Waals surface area contributed by atoms with Crippen molar-refractivity contribution in [2.24, 2.45) is 0 Å². The van der Waals surface area contributed by atoms with Crippen molar-refractivity contribution in [1.82, 2.24) is 0 Å². The minimum Gasteiger partial charge on any atom is -0.462 e. The molecule has 0 rings (SSSR count). The summed E-state index contributed by atoms with van der Waals surface area (Å²) in [5, 5.41) is 0. The fourth-order valence-corrected chi connectivity index (χ4v) is 6.17. The molecule has 1 unspecified atom stereocenters. The summed E-state index contributed by atoms with van der Waals surface area (Å²) in [6.45, 7) is 6.35. The molecule has 0 N–H and O–H groups in total. The van der Waals surface area contributed by atoms with Gasteiger partial charge in [0, 0.05) is 19.3 Å². The van der Waals surface area contributed by atoms with Crippen molar-refractivity contribution in [2.45, 2.75) is 213 Å². The molecule has 340 valence electrons. The van der Waals surface area contributed by atoms with E-state index in [-0.39, 0.29) is 44.4 Å². The van der Waals surface area contributed by atoms with E-state index in [1.54, 1.807) is 0 Å². The zero-order chi connectivity index (χ0) is 43.7. The van der Waals surface area contributed by atoms with Gasteiger partial charge in [-0.25, -0.2) is 0 Å². The predicted octanol–water partition coefficient (Wildman–Crippen LogP) is 15.8. The molecule has 0 bridgehead atoms. The van der Waals surface area contributed by atoms with Crippen molar-refractivity contribution in [3.63, 3.8) is 0 Å². The molecule has 0 aliphatic rings. The van der Waals surface area contributed by atoms with Gasteiger partial charge in [0.1, 0.15) is 13.2 Å². The lowest BCUT2D eigenvalue weighted by Crippen LogP contribution is -2.30. The fraction of sp³-hybridized carbons (Fsp3) is 0.648. The number of hydrogen-bond acceptors (Lipinski definition) is 6. The predicted molar refractivity (Wildman–Crippen MR) is 256 cm³/mol. The molecule has 0 aliphatic heterocycles. The highest BCUT2D eigenvalue weighted by Gasteiger charge is 2.19. The molecule has 0 aromatic heterocycles. The second-order valence-corrected chi connectivity index (χ2v) is 15.6. The number of ether oxygens (including phenoxy) is 3. The van der Waals surface area contributed by atoms with Gasteiger partial charge in [-0.15, -0.1) is 0 Å². The van der Waals surface area contributed by atoms with E-state index in [1.807, 2.05) is 6.08 Å². The Morgan fingerprint density at radius 2 is 0.700 bits per heavy atom. The van der Waals surface area contributed by atoms with Crippen molar-refractivity contribution in [2.75, 3.05) is 13.2 Å². The van der Waals surface area contributed by atoms with Crippen LogP contribution in [0.4, 0.5) is 0 Å². The van der Waals surface area contributed by atoms with E-state index in [2.05, 4.69) is 112 Å². The number of unbranched alkanes of at least 4 members (excludes halogenated alkanes) is 15. The molecule has 0 saturated heterocycles. The van der Waals surface area contributed by atoms with Crippen LogP contribution < -0.4 is 0 Å². The lowest BCUT2D eigenvalue weighted by atomic mass is 10.1. The monoisotopic (exact) mass is 833 g/mol. The van der Waals surface area contributed by atoms with E-state index in [0.717, 1.165) is 64.2 Å². The minimum absolute atomic E-state index is 0.137. The van der Waals surface area contributed by atoms with Gasteiger partial charge in [-0.05, 0) is 103 Å². The first-order chi connectivity index (χ1) is 29.5. The van der Waals surface area contributed by atoms with Crippen LogP contribution in [0.1, 0.15) is 207 Å². The van der Waals surface area contributed by atoms with E-state index in [1.165, 1.54) is 83.5 Å². The summed E-state index contributed by atoms with van der Waals surface area (Å²) in [5.74, 6) is -1.10. The first-order valence-corrected chi connectivity index (χ1v) is 24.2. The molecule has 6 nitrogen and oxygen atoms in total. The third kappa shape index (κ3) is 45.4. The Morgan fingerprint density at radius 3 is 1.15 bits per heavy atom. The quantitative estimate of drug-likeness (QED) is 0.0264. The van der Waals surface area contributed by atoms with Crippen LogP contribution in [-0.2, 0) is 28.6 Å².